The van der Waals surface area contributed by atoms with Crippen molar-refractivity contribution in [3.63, 3.8) is 0 Å². The van der Waals surface area contributed by atoms with Crippen LogP contribution >= 0.6 is 11.6 Å². The number of nitrogens with zero attached hydrogens (tertiary/aromatic N) is 5. The number of aromatic amines is 1. The molecular formula is C27H26ClN9O3. The van der Waals surface area contributed by atoms with Gasteiger partial charge in [0.25, 0.3) is 0 Å². The molecule has 2 amide bonds. The lowest BCUT2D eigenvalue weighted by molar-refractivity contribution is -0.117. The fraction of sp³-hybridized carbons (Fsp3) is 0.185. The highest BCUT2D eigenvalue weighted by Gasteiger charge is 2.18. The van der Waals surface area contributed by atoms with E-state index in [1.165, 1.54) is 24.2 Å². The van der Waals surface area contributed by atoms with E-state index in [1.807, 2.05) is 24.3 Å². The first kappa shape index (κ1) is 26.6. The molecule has 2 aromatic carbocycles. The summed E-state index contributed by atoms with van der Waals surface area (Å²) in [7, 11) is 1.32. The summed E-state index contributed by atoms with van der Waals surface area (Å²) in [5.41, 5.74) is 4.42. The summed E-state index contributed by atoms with van der Waals surface area (Å²) in [4.78, 5) is 32.6. The monoisotopic (exact) mass is 559 g/mol. The lowest BCUT2D eigenvalue weighted by atomic mass is 10.1. The second-order valence-corrected chi connectivity index (χ2v) is 9.27. The number of methoxy groups -OCH3 is 1. The maximum absolute atomic E-state index is 13.0. The molecule has 13 heteroatoms. The van der Waals surface area contributed by atoms with E-state index in [4.69, 9.17) is 16.3 Å². The van der Waals surface area contributed by atoms with Gasteiger partial charge in [-0.05, 0) is 65.7 Å². The van der Waals surface area contributed by atoms with Gasteiger partial charge in [0.2, 0.25) is 5.91 Å². The first-order valence-corrected chi connectivity index (χ1v) is 12.8. The fourth-order valence-corrected chi connectivity index (χ4v) is 4.41. The van der Waals surface area contributed by atoms with Crippen molar-refractivity contribution >= 4 is 41.1 Å². The summed E-state index contributed by atoms with van der Waals surface area (Å²) in [6.07, 6.45) is 11.1. The second-order valence-electron chi connectivity index (χ2n) is 8.83. The number of H-pyrrole nitrogens is 1. The van der Waals surface area contributed by atoms with Gasteiger partial charge in [-0.25, -0.2) is 9.78 Å². The van der Waals surface area contributed by atoms with Crippen molar-refractivity contribution in [2.24, 2.45) is 0 Å². The normalized spacial score (nSPS) is 14.9. The van der Waals surface area contributed by atoms with Crippen LogP contribution in [-0.4, -0.2) is 55.8 Å². The molecule has 40 heavy (non-hydrogen) atoms. The largest absolute Gasteiger partial charge is 0.453 e. The second kappa shape index (κ2) is 12.3. The van der Waals surface area contributed by atoms with Crippen LogP contribution in [0.1, 0.15) is 30.3 Å². The third-order valence-electron chi connectivity index (χ3n) is 6.15. The van der Waals surface area contributed by atoms with Gasteiger partial charge in [-0.3, -0.25) is 10.1 Å². The van der Waals surface area contributed by atoms with Crippen LogP contribution in [0.4, 0.5) is 16.2 Å². The predicted molar refractivity (Wildman–Crippen MR) is 151 cm³/mol. The Kier molecular flexibility index (Phi) is 8.16. The zero-order chi connectivity index (χ0) is 27.9. The van der Waals surface area contributed by atoms with Crippen LogP contribution in [-0.2, 0) is 9.53 Å². The molecule has 204 valence electrons. The van der Waals surface area contributed by atoms with Crippen molar-refractivity contribution in [2.45, 2.75) is 18.9 Å². The molecule has 4 aromatic rings. The smallest absolute Gasteiger partial charge is 0.411 e. The van der Waals surface area contributed by atoms with Crippen LogP contribution in [0.3, 0.4) is 0 Å². The Labute approximate surface area is 234 Å². The minimum Gasteiger partial charge on any atom is -0.453 e. The van der Waals surface area contributed by atoms with Gasteiger partial charge in [-0.2, -0.15) is 4.68 Å². The molecule has 12 nitrogen and oxygen atoms in total. The summed E-state index contributed by atoms with van der Waals surface area (Å²) in [6.45, 7) is 0.676. The number of rotatable bonds is 5. The molecule has 1 atom stereocenters. The topological polar surface area (TPSA) is 152 Å². The number of carbonyl (C=O) groups is 2. The molecule has 0 saturated carbocycles. The highest BCUT2D eigenvalue weighted by Crippen LogP contribution is 2.31. The number of hydrogen-bond donors (Lipinski definition) is 4. The highest BCUT2D eigenvalue weighted by molar-refractivity contribution is 6.30. The van der Waals surface area contributed by atoms with E-state index in [1.54, 1.807) is 36.5 Å². The third kappa shape index (κ3) is 6.35. The van der Waals surface area contributed by atoms with Gasteiger partial charge in [0.15, 0.2) is 0 Å². The van der Waals surface area contributed by atoms with E-state index < -0.39 is 12.1 Å². The van der Waals surface area contributed by atoms with Gasteiger partial charge in [0.1, 0.15) is 12.2 Å². The number of halogens is 1. The lowest BCUT2D eigenvalue weighted by Crippen LogP contribution is -2.27. The average molecular weight is 560 g/mol. The van der Waals surface area contributed by atoms with Gasteiger partial charge in [-0.15, -0.1) is 5.10 Å². The number of fused-ring (bicyclic) bond motifs is 4. The standard InChI is InChI=1S/C27H26ClN9O3/c1-40-27(39)32-19-8-9-20-22(14-19)29-12-4-2-3-5-21(26-30-15-23(20)34-26)33-25(38)11-6-17-13-18(28)7-10-24(17)37-16-31-35-36-37/h2-3,6-11,13-16,21,29H,4-5,12H2,1H3,(H,30,34)(H,32,39)(H,33,38)/t21-/m0/s1. The Morgan fingerprint density at radius 3 is 2.92 bits per heavy atom. The Morgan fingerprint density at radius 1 is 1.20 bits per heavy atom. The first-order valence-electron chi connectivity index (χ1n) is 12.4. The lowest BCUT2D eigenvalue weighted by Gasteiger charge is -2.16. The van der Waals surface area contributed by atoms with Crippen LogP contribution in [0.25, 0.3) is 23.0 Å². The number of anilines is 2. The number of benzene rings is 2. The van der Waals surface area contributed by atoms with Crippen LogP contribution in [0, 0.1) is 0 Å². The van der Waals surface area contributed by atoms with E-state index in [0.29, 0.717) is 40.8 Å². The summed E-state index contributed by atoms with van der Waals surface area (Å²) in [6, 6.07) is 10.4. The van der Waals surface area contributed by atoms with Crippen LogP contribution in [0.15, 0.2) is 67.2 Å². The molecule has 0 spiro atoms. The van der Waals surface area contributed by atoms with Crippen LogP contribution < -0.4 is 16.0 Å². The molecule has 5 rings (SSSR count). The van der Waals surface area contributed by atoms with E-state index in [-0.39, 0.29) is 5.91 Å². The van der Waals surface area contributed by atoms with Crippen molar-refractivity contribution in [2.75, 3.05) is 24.3 Å². The average Bonchev–Trinajstić information content (AvgIpc) is 3.66. The van der Waals surface area contributed by atoms with Gasteiger partial charge in [0.05, 0.1) is 30.7 Å². The van der Waals surface area contributed by atoms with Crippen LogP contribution in [0.2, 0.25) is 5.02 Å². The Hall–Kier alpha value is -4.97. The Balaban J connectivity index is 1.37. The fourth-order valence-electron chi connectivity index (χ4n) is 4.23. The number of tetrazole rings is 1. The molecule has 0 saturated heterocycles. The number of ether oxygens (including phenoxy) is 1. The molecule has 0 radical (unpaired) electrons. The van der Waals surface area contributed by atoms with Gasteiger partial charge in [-0.1, -0.05) is 23.8 Å². The zero-order valence-electron chi connectivity index (χ0n) is 21.5. The van der Waals surface area contributed by atoms with Crippen molar-refractivity contribution in [3.05, 3.63) is 83.6 Å². The maximum atomic E-state index is 13.0. The number of nitrogens with one attached hydrogen (secondary N) is 4. The van der Waals surface area contributed by atoms with Gasteiger partial charge >= 0.3 is 6.09 Å². The molecule has 2 bridgehead atoms. The van der Waals surface area contributed by atoms with Crippen molar-refractivity contribution in [3.8, 4) is 16.9 Å². The molecule has 0 fully saturated rings. The van der Waals surface area contributed by atoms with Gasteiger partial charge in [0, 0.05) is 40.1 Å². The van der Waals surface area contributed by atoms with E-state index >= 15 is 0 Å². The minimum absolute atomic E-state index is 0.299. The number of carbonyl (C=O) groups excluding carboxylic acids is 2. The summed E-state index contributed by atoms with van der Waals surface area (Å²) >= 11 is 6.19. The third-order valence-corrected chi connectivity index (χ3v) is 6.38. The molecule has 0 unspecified atom stereocenters. The molecular weight excluding hydrogens is 534 g/mol. The Morgan fingerprint density at radius 2 is 2.10 bits per heavy atom. The number of amides is 2. The predicted octanol–water partition coefficient (Wildman–Crippen LogP) is 4.52. The SMILES string of the molecule is COC(=O)Nc1ccc2c(c1)NCCC=CC[C@H](NC(=O)C=Cc1cc(Cl)ccc1-n1cnnn1)c1ncc-2[nH]1. The Bertz CT molecular complexity index is 1560. The van der Waals surface area contributed by atoms with Gasteiger partial charge < -0.3 is 20.4 Å². The van der Waals surface area contributed by atoms with Crippen molar-refractivity contribution in [1.29, 1.82) is 0 Å². The molecule has 1 aliphatic heterocycles. The quantitative estimate of drug-likeness (QED) is 0.206. The minimum atomic E-state index is -0.547. The van der Waals surface area contributed by atoms with E-state index in [0.717, 1.165) is 23.4 Å². The molecule has 3 heterocycles. The van der Waals surface area contributed by atoms with E-state index in [2.05, 4.69) is 41.4 Å². The molecule has 1 aliphatic rings. The summed E-state index contributed by atoms with van der Waals surface area (Å²) in [5.74, 6) is 0.313. The molecule has 2 aromatic heterocycles. The van der Waals surface area contributed by atoms with Crippen molar-refractivity contribution < 1.29 is 14.3 Å². The summed E-state index contributed by atoms with van der Waals surface area (Å²) in [5, 5.41) is 20.9. The van der Waals surface area contributed by atoms with Crippen LogP contribution in [0.5, 0.6) is 0 Å². The number of aromatic nitrogens is 6. The highest BCUT2D eigenvalue weighted by atomic mass is 35.5. The number of imidazole rings is 1. The zero-order valence-corrected chi connectivity index (χ0v) is 22.2. The molecule has 0 aliphatic carbocycles. The van der Waals surface area contributed by atoms with E-state index in [9.17, 15) is 9.59 Å². The summed E-state index contributed by atoms with van der Waals surface area (Å²) < 4.78 is 6.19. The first-order chi connectivity index (χ1) is 19.5. The maximum Gasteiger partial charge on any atom is 0.411 e. The number of hydrogen-bond acceptors (Lipinski definition) is 8. The molecule has 4 N–H and O–H groups in total. The van der Waals surface area contributed by atoms with Crippen molar-refractivity contribution in [1.82, 2.24) is 35.5 Å².